The summed E-state index contributed by atoms with van der Waals surface area (Å²) in [6, 6.07) is 15.1. The molecule has 0 aliphatic carbocycles. The highest BCUT2D eigenvalue weighted by Crippen LogP contribution is 2.28. The van der Waals surface area contributed by atoms with E-state index in [1.807, 2.05) is 54.6 Å². The molecule has 6 heteroatoms. The molecule has 1 aliphatic rings. The molecular weight excluding hydrogens is 376 g/mol. The number of allylic oxidation sites excluding steroid dienone is 1. The largest absolute Gasteiger partial charge is 0.489 e. The highest BCUT2D eigenvalue weighted by molar-refractivity contribution is 6.30. The van der Waals surface area contributed by atoms with Gasteiger partial charge in [-0.25, -0.2) is 0 Å². The van der Waals surface area contributed by atoms with E-state index in [0.29, 0.717) is 11.6 Å². The molecule has 0 fully saturated rings. The number of carbonyl (C=O) groups is 1. The number of carbonyl (C=O) groups excluding carboxylic acids is 1. The van der Waals surface area contributed by atoms with Crippen molar-refractivity contribution in [1.82, 2.24) is 10.8 Å². The van der Waals surface area contributed by atoms with Crippen molar-refractivity contribution < 1.29 is 14.4 Å². The number of rotatable bonds is 6. The van der Waals surface area contributed by atoms with Gasteiger partial charge < -0.3 is 14.9 Å². The molecule has 5 nitrogen and oxygen atoms in total. The van der Waals surface area contributed by atoms with Crippen LogP contribution in [-0.4, -0.2) is 12.1 Å². The van der Waals surface area contributed by atoms with Gasteiger partial charge in [-0.3, -0.25) is 4.79 Å². The van der Waals surface area contributed by atoms with E-state index in [1.54, 1.807) is 0 Å². The van der Waals surface area contributed by atoms with Gasteiger partial charge in [0, 0.05) is 10.4 Å². The minimum absolute atomic E-state index is 0.0812. The third kappa shape index (κ3) is 5.75. The first-order chi connectivity index (χ1) is 13.3. The number of hydrogen-bond donors (Lipinski definition) is 2. The van der Waals surface area contributed by atoms with Gasteiger partial charge in [-0.2, -0.15) is 0 Å². The maximum atomic E-state index is 12.3. The van der Waals surface area contributed by atoms with E-state index in [-0.39, 0.29) is 23.9 Å². The normalized spacial score (nSPS) is 16.3. The van der Waals surface area contributed by atoms with Crippen LogP contribution in [0.25, 0.3) is 0 Å². The van der Waals surface area contributed by atoms with Gasteiger partial charge in [-0.15, -0.1) is 5.48 Å². The molecule has 0 saturated heterocycles. The molecule has 1 unspecified atom stereocenters. The maximum Gasteiger partial charge on any atom is 0.225 e. The fourth-order valence-corrected chi connectivity index (χ4v) is 2.81. The lowest BCUT2D eigenvalue weighted by atomic mass is 9.93. The molecule has 0 aromatic heterocycles. The Balaban J connectivity index is 1.48. The van der Waals surface area contributed by atoms with Crippen molar-refractivity contribution in [2.75, 3.05) is 0 Å². The number of benzene rings is 2. The van der Waals surface area contributed by atoms with Crippen LogP contribution in [0, 0.1) is 5.41 Å². The predicted molar refractivity (Wildman–Crippen MR) is 110 cm³/mol. The quantitative estimate of drug-likeness (QED) is 0.756. The van der Waals surface area contributed by atoms with Crippen molar-refractivity contribution in [2.24, 2.45) is 5.41 Å². The van der Waals surface area contributed by atoms with E-state index in [9.17, 15) is 4.79 Å². The Morgan fingerprint density at radius 3 is 2.36 bits per heavy atom. The van der Waals surface area contributed by atoms with Crippen LogP contribution in [0.3, 0.4) is 0 Å². The fourth-order valence-electron chi connectivity index (χ4n) is 2.68. The highest BCUT2D eigenvalue weighted by Gasteiger charge is 2.27. The van der Waals surface area contributed by atoms with Gasteiger partial charge in [-0.1, -0.05) is 56.6 Å². The van der Waals surface area contributed by atoms with Gasteiger partial charge >= 0.3 is 0 Å². The first kappa shape index (κ1) is 20.2. The van der Waals surface area contributed by atoms with Crippen LogP contribution in [0.15, 0.2) is 60.4 Å². The zero-order valence-corrected chi connectivity index (χ0v) is 17.0. The molecule has 3 rings (SSSR count). The highest BCUT2D eigenvalue weighted by atomic mass is 35.5. The molecule has 0 bridgehead atoms. The number of halogens is 1. The summed E-state index contributed by atoms with van der Waals surface area (Å²) in [6.07, 6.45) is 1.86. The van der Waals surface area contributed by atoms with E-state index in [2.05, 4.69) is 31.6 Å². The van der Waals surface area contributed by atoms with Crippen LogP contribution in [0.4, 0.5) is 0 Å². The van der Waals surface area contributed by atoms with Crippen LogP contribution in [0.1, 0.15) is 31.9 Å². The predicted octanol–water partition coefficient (Wildman–Crippen LogP) is 4.37. The van der Waals surface area contributed by atoms with E-state index < -0.39 is 0 Å². The number of hydrogen-bond acceptors (Lipinski definition) is 4. The lowest BCUT2D eigenvalue weighted by Gasteiger charge is -2.17. The fraction of sp³-hybridized carbons (Fsp3) is 0.318. The molecule has 28 heavy (non-hydrogen) atoms. The monoisotopic (exact) mass is 400 g/mol. The van der Waals surface area contributed by atoms with Crippen molar-refractivity contribution in [3.05, 3.63) is 76.5 Å². The third-order valence-electron chi connectivity index (χ3n) is 4.28. The molecule has 2 aromatic carbocycles. The lowest BCUT2D eigenvalue weighted by molar-refractivity contribution is -0.121. The van der Waals surface area contributed by atoms with Crippen LogP contribution in [0.5, 0.6) is 5.75 Å². The van der Waals surface area contributed by atoms with Crippen molar-refractivity contribution in [3.8, 4) is 5.75 Å². The minimum Gasteiger partial charge on any atom is -0.489 e. The SMILES string of the molecule is CC(C)(C)C1=CC(NC(=O)Cc2ccc(OCc3ccc(Cl)cc3)cc2)NO1. The standard InChI is InChI=1S/C22H25ClN2O3/c1-22(2,3)19-13-20(25-28-19)24-21(26)12-15-6-10-18(11-7-15)27-14-16-4-8-17(23)9-5-16/h4-11,13,20,25H,12,14H2,1-3H3,(H,24,26). The van der Waals surface area contributed by atoms with Crippen LogP contribution < -0.4 is 15.5 Å². The number of ether oxygens (including phenoxy) is 1. The Morgan fingerprint density at radius 2 is 1.75 bits per heavy atom. The van der Waals surface area contributed by atoms with Crippen molar-refractivity contribution >= 4 is 17.5 Å². The molecule has 0 spiro atoms. The first-order valence-corrected chi connectivity index (χ1v) is 9.57. The van der Waals surface area contributed by atoms with Gasteiger partial charge in [0.25, 0.3) is 0 Å². The number of hydroxylamine groups is 1. The zero-order valence-electron chi connectivity index (χ0n) is 16.3. The Labute approximate surface area is 170 Å². The summed E-state index contributed by atoms with van der Waals surface area (Å²) in [4.78, 5) is 17.7. The summed E-state index contributed by atoms with van der Waals surface area (Å²) < 4.78 is 5.77. The number of nitrogens with one attached hydrogen (secondary N) is 2. The smallest absolute Gasteiger partial charge is 0.225 e. The average molecular weight is 401 g/mol. The van der Waals surface area contributed by atoms with Crippen LogP contribution >= 0.6 is 11.6 Å². The summed E-state index contributed by atoms with van der Waals surface area (Å²) in [6.45, 7) is 6.64. The Bertz CT molecular complexity index is 840. The summed E-state index contributed by atoms with van der Waals surface area (Å²) in [5, 5.41) is 3.61. The van der Waals surface area contributed by atoms with Gasteiger partial charge in [0.1, 0.15) is 24.3 Å². The first-order valence-electron chi connectivity index (χ1n) is 9.20. The molecule has 1 amide bonds. The molecule has 1 atom stereocenters. The van der Waals surface area contributed by atoms with E-state index in [1.165, 1.54) is 0 Å². The summed E-state index contributed by atoms with van der Waals surface area (Å²) in [5.74, 6) is 1.49. The average Bonchev–Trinajstić information content (AvgIpc) is 3.11. The Hall–Kier alpha value is -2.50. The minimum atomic E-state index is -0.316. The van der Waals surface area contributed by atoms with E-state index >= 15 is 0 Å². The van der Waals surface area contributed by atoms with Crippen molar-refractivity contribution in [3.63, 3.8) is 0 Å². The van der Waals surface area contributed by atoms with Crippen LogP contribution in [0.2, 0.25) is 5.02 Å². The second kappa shape index (κ2) is 8.67. The van der Waals surface area contributed by atoms with Crippen molar-refractivity contribution in [2.45, 2.75) is 40.0 Å². The van der Waals surface area contributed by atoms with E-state index in [4.69, 9.17) is 21.2 Å². The Kier molecular flexibility index (Phi) is 6.27. The molecule has 2 aromatic rings. The van der Waals surface area contributed by atoms with Gasteiger partial charge in [0.2, 0.25) is 5.91 Å². The topological polar surface area (TPSA) is 59.6 Å². The summed E-state index contributed by atoms with van der Waals surface area (Å²) in [5.41, 5.74) is 4.67. The number of amides is 1. The molecular formula is C22H25ClN2O3. The van der Waals surface area contributed by atoms with Crippen molar-refractivity contribution in [1.29, 1.82) is 0 Å². The Morgan fingerprint density at radius 1 is 1.11 bits per heavy atom. The van der Waals surface area contributed by atoms with Gasteiger partial charge in [0.05, 0.1) is 6.42 Å². The second-order valence-electron chi connectivity index (χ2n) is 7.78. The van der Waals surface area contributed by atoms with Gasteiger partial charge in [0.15, 0.2) is 0 Å². The summed E-state index contributed by atoms with van der Waals surface area (Å²) in [7, 11) is 0. The molecule has 2 N–H and O–H groups in total. The summed E-state index contributed by atoms with van der Waals surface area (Å²) >= 11 is 5.88. The van der Waals surface area contributed by atoms with Crippen LogP contribution in [-0.2, 0) is 22.7 Å². The molecule has 0 saturated carbocycles. The third-order valence-corrected chi connectivity index (χ3v) is 4.53. The molecule has 0 radical (unpaired) electrons. The molecule has 1 aliphatic heterocycles. The van der Waals surface area contributed by atoms with Gasteiger partial charge in [-0.05, 0) is 41.5 Å². The lowest BCUT2D eigenvalue weighted by Crippen LogP contribution is -2.41. The molecule has 1 heterocycles. The zero-order chi connectivity index (χ0) is 20.1. The maximum absolute atomic E-state index is 12.3. The van der Waals surface area contributed by atoms with E-state index in [0.717, 1.165) is 22.6 Å². The molecule has 148 valence electrons. The second-order valence-corrected chi connectivity index (χ2v) is 8.22.